The van der Waals surface area contributed by atoms with Gasteiger partial charge >= 0.3 is 0 Å². The van der Waals surface area contributed by atoms with Gasteiger partial charge in [-0.3, -0.25) is 0 Å². The number of imidazole rings is 1. The Morgan fingerprint density at radius 1 is 1.29 bits per heavy atom. The molecule has 2 rings (SSSR count). The molecule has 14 heavy (non-hydrogen) atoms. The Kier molecular flexibility index (Phi) is 2.36. The summed E-state index contributed by atoms with van der Waals surface area (Å²) in [4.78, 5) is 6.95. The number of ether oxygens (including phenoxy) is 1. The maximum absolute atomic E-state index is 9.03. The van der Waals surface area contributed by atoms with Gasteiger partial charge in [-0.2, -0.15) is 0 Å². The molecule has 0 saturated heterocycles. The van der Waals surface area contributed by atoms with Gasteiger partial charge in [0.25, 0.3) is 0 Å². The van der Waals surface area contributed by atoms with Crippen LogP contribution in [0.5, 0.6) is 11.5 Å². The molecule has 0 aliphatic heterocycles. The largest absolute Gasteiger partial charge is 0.508 e. The minimum absolute atomic E-state index is 0.232. The van der Waals surface area contributed by atoms with Gasteiger partial charge < -0.3 is 14.8 Å². The molecule has 0 aliphatic rings. The number of aromatic amines is 1. The number of rotatable bonds is 3. The van der Waals surface area contributed by atoms with E-state index in [9.17, 15) is 0 Å². The van der Waals surface area contributed by atoms with Gasteiger partial charge in [0.2, 0.25) is 0 Å². The summed E-state index contributed by atoms with van der Waals surface area (Å²) in [6.45, 7) is 0.401. The standard InChI is InChI=1S/C10H10N2O2/c13-8-1-3-9(4-2-8)14-7-10-11-5-6-12-10/h1-6,13H,7H2,(H,11,12). The molecule has 0 fully saturated rings. The number of nitrogens with zero attached hydrogens (tertiary/aromatic N) is 1. The predicted octanol–water partition coefficient (Wildman–Crippen LogP) is 1.69. The van der Waals surface area contributed by atoms with E-state index >= 15 is 0 Å². The van der Waals surface area contributed by atoms with Gasteiger partial charge in [0.15, 0.2) is 0 Å². The number of hydrogen-bond donors (Lipinski definition) is 2. The lowest BCUT2D eigenvalue weighted by molar-refractivity contribution is 0.296. The molecule has 4 heteroatoms. The highest BCUT2D eigenvalue weighted by atomic mass is 16.5. The summed E-state index contributed by atoms with van der Waals surface area (Å²) in [5.41, 5.74) is 0. The molecule has 1 heterocycles. The van der Waals surface area contributed by atoms with Crippen LogP contribution in [0.2, 0.25) is 0 Å². The summed E-state index contributed by atoms with van der Waals surface area (Å²) in [5, 5.41) is 9.03. The average Bonchev–Trinajstić information content (AvgIpc) is 2.70. The van der Waals surface area contributed by atoms with Gasteiger partial charge in [0.1, 0.15) is 23.9 Å². The molecule has 2 aromatic rings. The molecule has 0 unspecified atom stereocenters. The Labute approximate surface area is 81.2 Å². The zero-order chi connectivity index (χ0) is 9.80. The van der Waals surface area contributed by atoms with E-state index in [2.05, 4.69) is 9.97 Å². The van der Waals surface area contributed by atoms with E-state index in [1.807, 2.05) is 0 Å². The van der Waals surface area contributed by atoms with E-state index < -0.39 is 0 Å². The third-order valence-corrected chi connectivity index (χ3v) is 1.77. The van der Waals surface area contributed by atoms with Crippen molar-refractivity contribution in [2.75, 3.05) is 0 Å². The van der Waals surface area contributed by atoms with E-state index in [1.165, 1.54) is 0 Å². The molecule has 0 aliphatic carbocycles. The number of benzene rings is 1. The first-order valence-corrected chi connectivity index (χ1v) is 4.25. The number of aromatic hydroxyl groups is 1. The molecule has 0 saturated carbocycles. The SMILES string of the molecule is Oc1ccc(OCc2ncc[nH]2)cc1. The average molecular weight is 190 g/mol. The van der Waals surface area contributed by atoms with E-state index in [0.717, 1.165) is 5.82 Å². The molecule has 72 valence electrons. The van der Waals surface area contributed by atoms with Gasteiger partial charge in [-0.25, -0.2) is 4.98 Å². The van der Waals surface area contributed by atoms with E-state index in [-0.39, 0.29) is 5.75 Å². The number of H-pyrrole nitrogens is 1. The number of phenolic OH excluding ortho intramolecular Hbond substituents is 1. The molecule has 1 aromatic carbocycles. The van der Waals surface area contributed by atoms with Crippen molar-refractivity contribution in [2.24, 2.45) is 0 Å². The van der Waals surface area contributed by atoms with E-state index in [0.29, 0.717) is 12.4 Å². The van der Waals surface area contributed by atoms with Crippen molar-refractivity contribution < 1.29 is 9.84 Å². The monoisotopic (exact) mass is 190 g/mol. The van der Waals surface area contributed by atoms with Crippen LogP contribution in [0.15, 0.2) is 36.7 Å². The van der Waals surface area contributed by atoms with Gasteiger partial charge in [-0.05, 0) is 24.3 Å². The van der Waals surface area contributed by atoms with Gasteiger partial charge in [0, 0.05) is 12.4 Å². The lowest BCUT2D eigenvalue weighted by Gasteiger charge is -2.03. The first-order chi connectivity index (χ1) is 6.84. The molecule has 0 amide bonds. The normalized spacial score (nSPS) is 10.0. The fourth-order valence-electron chi connectivity index (χ4n) is 1.07. The highest BCUT2D eigenvalue weighted by Crippen LogP contribution is 2.16. The first-order valence-electron chi connectivity index (χ1n) is 4.25. The topological polar surface area (TPSA) is 58.1 Å². The Bertz CT molecular complexity index is 381. The summed E-state index contributed by atoms with van der Waals surface area (Å²) in [5.74, 6) is 1.72. The van der Waals surface area contributed by atoms with Crippen LogP contribution in [0, 0.1) is 0 Å². The summed E-state index contributed by atoms with van der Waals surface area (Å²) < 4.78 is 5.40. The molecule has 2 N–H and O–H groups in total. The number of aromatic nitrogens is 2. The highest BCUT2D eigenvalue weighted by Gasteiger charge is 1.96. The molecule has 1 aromatic heterocycles. The zero-order valence-corrected chi connectivity index (χ0v) is 7.47. The van der Waals surface area contributed by atoms with Crippen molar-refractivity contribution in [3.63, 3.8) is 0 Å². The minimum atomic E-state index is 0.232. The zero-order valence-electron chi connectivity index (χ0n) is 7.47. The van der Waals surface area contributed by atoms with Crippen LogP contribution in [0.4, 0.5) is 0 Å². The van der Waals surface area contributed by atoms with Crippen molar-refractivity contribution in [3.8, 4) is 11.5 Å². The van der Waals surface area contributed by atoms with Gasteiger partial charge in [-0.1, -0.05) is 0 Å². The maximum Gasteiger partial charge on any atom is 0.146 e. The molecular weight excluding hydrogens is 180 g/mol. The molecule has 0 atom stereocenters. The second-order valence-electron chi connectivity index (χ2n) is 2.82. The summed E-state index contributed by atoms with van der Waals surface area (Å²) in [7, 11) is 0. The summed E-state index contributed by atoms with van der Waals surface area (Å²) in [6, 6.07) is 6.57. The Morgan fingerprint density at radius 2 is 2.07 bits per heavy atom. The third-order valence-electron chi connectivity index (χ3n) is 1.77. The smallest absolute Gasteiger partial charge is 0.146 e. The second kappa shape index (κ2) is 3.83. The number of hydrogen-bond acceptors (Lipinski definition) is 3. The minimum Gasteiger partial charge on any atom is -0.508 e. The fourth-order valence-corrected chi connectivity index (χ4v) is 1.07. The van der Waals surface area contributed by atoms with Crippen molar-refractivity contribution in [1.82, 2.24) is 9.97 Å². The lowest BCUT2D eigenvalue weighted by Crippen LogP contribution is -1.96. The van der Waals surface area contributed by atoms with Gasteiger partial charge in [-0.15, -0.1) is 0 Å². The van der Waals surface area contributed by atoms with Gasteiger partial charge in [0.05, 0.1) is 0 Å². The molecular formula is C10H10N2O2. The van der Waals surface area contributed by atoms with E-state index in [4.69, 9.17) is 9.84 Å². The molecule has 4 nitrogen and oxygen atoms in total. The van der Waals surface area contributed by atoms with Crippen molar-refractivity contribution >= 4 is 0 Å². The number of phenols is 1. The third kappa shape index (κ3) is 2.04. The van der Waals surface area contributed by atoms with Crippen molar-refractivity contribution in [2.45, 2.75) is 6.61 Å². The van der Waals surface area contributed by atoms with Crippen LogP contribution in [-0.2, 0) is 6.61 Å². The maximum atomic E-state index is 9.03. The molecule has 0 bridgehead atoms. The Morgan fingerprint density at radius 3 is 2.71 bits per heavy atom. The lowest BCUT2D eigenvalue weighted by atomic mass is 10.3. The highest BCUT2D eigenvalue weighted by molar-refractivity contribution is 5.30. The summed E-state index contributed by atoms with van der Waals surface area (Å²) in [6.07, 6.45) is 3.42. The van der Waals surface area contributed by atoms with Crippen LogP contribution < -0.4 is 4.74 Å². The van der Waals surface area contributed by atoms with Crippen LogP contribution in [0.1, 0.15) is 5.82 Å². The second-order valence-corrected chi connectivity index (χ2v) is 2.82. The fraction of sp³-hybridized carbons (Fsp3) is 0.100. The van der Waals surface area contributed by atoms with Crippen molar-refractivity contribution in [3.05, 3.63) is 42.5 Å². The summed E-state index contributed by atoms with van der Waals surface area (Å²) >= 11 is 0. The van der Waals surface area contributed by atoms with E-state index in [1.54, 1.807) is 36.7 Å². The van der Waals surface area contributed by atoms with Crippen LogP contribution in [0.3, 0.4) is 0 Å². The predicted molar refractivity (Wildman–Crippen MR) is 51.0 cm³/mol. The number of nitrogens with one attached hydrogen (secondary N) is 1. The quantitative estimate of drug-likeness (QED) is 0.774. The van der Waals surface area contributed by atoms with Crippen molar-refractivity contribution in [1.29, 1.82) is 0 Å². The van der Waals surface area contributed by atoms with Crippen LogP contribution in [-0.4, -0.2) is 15.1 Å². The molecule has 0 spiro atoms. The van der Waals surface area contributed by atoms with Crippen LogP contribution >= 0.6 is 0 Å². The van der Waals surface area contributed by atoms with Crippen LogP contribution in [0.25, 0.3) is 0 Å². The Balaban J connectivity index is 1.95. The first kappa shape index (κ1) is 8.62. The Hall–Kier alpha value is -1.97. The molecule has 0 radical (unpaired) electrons.